The fraction of sp³-hybridized carbons (Fsp3) is 0.333. The molecule has 0 aliphatic carbocycles. The molecular weight excluding hydrogens is 314 g/mol. The highest BCUT2D eigenvalue weighted by Crippen LogP contribution is 2.24. The highest BCUT2D eigenvalue weighted by Gasteiger charge is 2.06. The van der Waals surface area contributed by atoms with E-state index in [1.54, 1.807) is 17.5 Å². The van der Waals surface area contributed by atoms with Crippen LogP contribution >= 0.6 is 27.3 Å². The first-order chi connectivity index (χ1) is 8.79. The lowest BCUT2D eigenvalue weighted by Gasteiger charge is -2.08. The molecule has 18 heavy (non-hydrogen) atoms. The molecule has 2 aromatic rings. The fourth-order valence-electron chi connectivity index (χ4n) is 1.31. The predicted molar refractivity (Wildman–Crippen MR) is 77.2 cm³/mol. The van der Waals surface area contributed by atoms with Crippen LogP contribution in [0.1, 0.15) is 18.2 Å². The lowest BCUT2D eigenvalue weighted by Crippen LogP contribution is -2.06. The van der Waals surface area contributed by atoms with Crippen molar-refractivity contribution >= 4 is 33.2 Å². The summed E-state index contributed by atoms with van der Waals surface area (Å²) in [4.78, 5) is 9.67. The van der Waals surface area contributed by atoms with E-state index in [9.17, 15) is 0 Å². The van der Waals surface area contributed by atoms with Crippen LogP contribution in [0, 0.1) is 0 Å². The molecule has 0 aromatic carbocycles. The average Bonchev–Trinajstić information content (AvgIpc) is 2.89. The van der Waals surface area contributed by atoms with Crippen LogP contribution in [0.15, 0.2) is 28.2 Å². The maximum Gasteiger partial charge on any atom is 0.233 e. The summed E-state index contributed by atoms with van der Waals surface area (Å²) in [6, 6.07) is 4.04. The predicted octanol–water partition coefficient (Wildman–Crippen LogP) is 3.70. The van der Waals surface area contributed by atoms with E-state index in [-0.39, 0.29) is 0 Å². The van der Waals surface area contributed by atoms with Crippen molar-refractivity contribution in [3.8, 4) is 5.88 Å². The molecule has 6 heteroatoms. The van der Waals surface area contributed by atoms with Crippen molar-refractivity contribution < 1.29 is 4.74 Å². The Hall–Kier alpha value is -1.14. The first-order valence-electron chi connectivity index (χ1n) is 5.71. The lowest BCUT2D eigenvalue weighted by molar-refractivity contribution is 0.295. The van der Waals surface area contributed by atoms with E-state index >= 15 is 0 Å². The second kappa shape index (κ2) is 6.70. The minimum Gasteiger partial charge on any atom is -0.471 e. The summed E-state index contributed by atoms with van der Waals surface area (Å²) in [6.07, 6.45) is 2.74. The standard InChI is InChI=1S/C12H14BrN3OS/c1-2-5-14-12-15-7-10(13)11(16-12)17-8-9-4-3-6-18-9/h3-4,6-7H,2,5,8H2,1H3,(H,14,15,16). The van der Waals surface area contributed by atoms with E-state index in [1.165, 1.54) is 4.88 Å². The number of nitrogens with one attached hydrogen (secondary N) is 1. The van der Waals surface area contributed by atoms with Gasteiger partial charge in [0.05, 0.1) is 10.7 Å². The number of thiophene rings is 1. The summed E-state index contributed by atoms with van der Waals surface area (Å²) in [7, 11) is 0. The van der Waals surface area contributed by atoms with Gasteiger partial charge in [-0.2, -0.15) is 4.98 Å². The molecule has 1 N–H and O–H groups in total. The third-order valence-electron chi connectivity index (χ3n) is 2.18. The molecule has 0 atom stereocenters. The molecule has 0 amide bonds. The Balaban J connectivity index is 2.01. The smallest absolute Gasteiger partial charge is 0.233 e. The zero-order valence-corrected chi connectivity index (χ0v) is 12.4. The Morgan fingerprint density at radius 2 is 2.39 bits per heavy atom. The quantitative estimate of drug-likeness (QED) is 0.878. The van der Waals surface area contributed by atoms with Crippen LogP contribution in [0.25, 0.3) is 0 Å². The summed E-state index contributed by atoms with van der Waals surface area (Å²) in [5.74, 6) is 1.17. The Kier molecular flexibility index (Phi) is 4.95. The SMILES string of the molecule is CCCNc1ncc(Br)c(OCc2cccs2)n1. The largest absolute Gasteiger partial charge is 0.471 e. The van der Waals surface area contributed by atoms with E-state index in [0.717, 1.165) is 17.4 Å². The van der Waals surface area contributed by atoms with Crippen LogP contribution in [0.5, 0.6) is 5.88 Å². The van der Waals surface area contributed by atoms with Crippen LogP contribution < -0.4 is 10.1 Å². The lowest BCUT2D eigenvalue weighted by atomic mass is 10.5. The van der Waals surface area contributed by atoms with Gasteiger partial charge >= 0.3 is 0 Å². The van der Waals surface area contributed by atoms with Crippen LogP contribution in [0.2, 0.25) is 0 Å². The number of hydrogen-bond acceptors (Lipinski definition) is 5. The third kappa shape index (κ3) is 3.68. The van der Waals surface area contributed by atoms with Crippen LogP contribution in [-0.4, -0.2) is 16.5 Å². The van der Waals surface area contributed by atoms with Crippen LogP contribution in [0.3, 0.4) is 0 Å². The molecule has 96 valence electrons. The minimum atomic E-state index is 0.528. The second-order valence-electron chi connectivity index (χ2n) is 3.64. The molecule has 0 saturated heterocycles. The van der Waals surface area contributed by atoms with E-state index < -0.39 is 0 Å². The van der Waals surface area contributed by atoms with Gasteiger partial charge in [0.15, 0.2) is 0 Å². The number of ether oxygens (including phenoxy) is 1. The van der Waals surface area contributed by atoms with Gasteiger partial charge in [-0.1, -0.05) is 13.0 Å². The Morgan fingerprint density at radius 1 is 1.50 bits per heavy atom. The van der Waals surface area contributed by atoms with Gasteiger partial charge in [0.2, 0.25) is 11.8 Å². The first-order valence-corrected chi connectivity index (χ1v) is 7.38. The Morgan fingerprint density at radius 3 is 3.11 bits per heavy atom. The molecule has 2 aromatic heterocycles. The Labute approximate surface area is 119 Å². The van der Waals surface area contributed by atoms with Crippen molar-refractivity contribution in [3.63, 3.8) is 0 Å². The number of halogens is 1. The van der Waals surface area contributed by atoms with Crippen molar-refractivity contribution in [1.82, 2.24) is 9.97 Å². The first kappa shape index (κ1) is 13.3. The second-order valence-corrected chi connectivity index (χ2v) is 5.53. The molecule has 0 spiro atoms. The maximum atomic E-state index is 5.67. The van der Waals surface area contributed by atoms with Gasteiger partial charge in [0.25, 0.3) is 0 Å². The number of hydrogen-bond donors (Lipinski definition) is 1. The van der Waals surface area contributed by atoms with Gasteiger partial charge < -0.3 is 10.1 Å². The van der Waals surface area contributed by atoms with Gasteiger partial charge in [-0.05, 0) is 33.8 Å². The van der Waals surface area contributed by atoms with Crippen molar-refractivity contribution in [2.45, 2.75) is 20.0 Å². The molecule has 2 rings (SSSR count). The zero-order valence-electron chi connectivity index (χ0n) is 10.0. The summed E-state index contributed by atoms with van der Waals surface area (Å²) < 4.78 is 6.44. The van der Waals surface area contributed by atoms with Gasteiger partial charge in [-0.15, -0.1) is 11.3 Å². The highest BCUT2D eigenvalue weighted by atomic mass is 79.9. The van der Waals surface area contributed by atoms with Gasteiger partial charge in [0, 0.05) is 11.4 Å². The van der Waals surface area contributed by atoms with E-state index in [1.807, 2.05) is 17.5 Å². The molecule has 4 nitrogen and oxygen atoms in total. The van der Waals surface area contributed by atoms with E-state index in [2.05, 4.69) is 38.1 Å². The summed E-state index contributed by atoms with van der Waals surface area (Å²) in [6.45, 7) is 3.48. The molecule has 0 unspecified atom stereocenters. The monoisotopic (exact) mass is 327 g/mol. The third-order valence-corrected chi connectivity index (χ3v) is 3.57. The van der Waals surface area contributed by atoms with Gasteiger partial charge in [-0.25, -0.2) is 4.98 Å². The Bertz CT molecular complexity index is 490. The van der Waals surface area contributed by atoms with Gasteiger partial charge in [0.1, 0.15) is 6.61 Å². The molecule has 0 fully saturated rings. The summed E-state index contributed by atoms with van der Waals surface area (Å²) in [5.41, 5.74) is 0. The molecule has 0 saturated carbocycles. The molecule has 0 aliphatic heterocycles. The van der Waals surface area contributed by atoms with E-state index in [4.69, 9.17) is 4.74 Å². The molecule has 0 aliphatic rings. The van der Waals surface area contributed by atoms with Crippen molar-refractivity contribution in [2.75, 3.05) is 11.9 Å². The minimum absolute atomic E-state index is 0.528. The zero-order chi connectivity index (χ0) is 12.8. The topological polar surface area (TPSA) is 47.0 Å². The number of anilines is 1. The molecule has 2 heterocycles. The maximum absolute atomic E-state index is 5.67. The number of rotatable bonds is 6. The normalized spacial score (nSPS) is 10.3. The van der Waals surface area contributed by atoms with Gasteiger partial charge in [-0.3, -0.25) is 0 Å². The average molecular weight is 328 g/mol. The number of aromatic nitrogens is 2. The number of nitrogens with zero attached hydrogens (tertiary/aromatic N) is 2. The molecule has 0 radical (unpaired) electrons. The highest BCUT2D eigenvalue weighted by molar-refractivity contribution is 9.10. The summed E-state index contributed by atoms with van der Waals surface area (Å²) in [5, 5.41) is 5.16. The van der Waals surface area contributed by atoms with Crippen molar-refractivity contribution in [3.05, 3.63) is 33.1 Å². The van der Waals surface area contributed by atoms with Crippen LogP contribution in [-0.2, 0) is 6.61 Å². The van der Waals surface area contributed by atoms with Crippen molar-refractivity contribution in [2.24, 2.45) is 0 Å². The van der Waals surface area contributed by atoms with Crippen LogP contribution in [0.4, 0.5) is 5.95 Å². The fourth-order valence-corrected chi connectivity index (χ4v) is 2.23. The van der Waals surface area contributed by atoms with E-state index in [0.29, 0.717) is 18.4 Å². The molecular formula is C12H14BrN3OS. The summed E-state index contributed by atoms with van der Waals surface area (Å²) >= 11 is 5.06. The molecule has 0 bridgehead atoms. The van der Waals surface area contributed by atoms with Crippen molar-refractivity contribution in [1.29, 1.82) is 0 Å².